The number of nitrogens with one attached hydrogen (secondary N) is 1. The minimum Gasteiger partial charge on any atom is -0.376 e. The molecule has 1 fully saturated rings. The summed E-state index contributed by atoms with van der Waals surface area (Å²) in [7, 11) is -3.55. The third kappa shape index (κ3) is 5.18. The Hall–Kier alpha value is -1.70. The molecular weight excluding hydrogens is 364 g/mol. The fraction of sp³-hybridized carbons (Fsp3) is 0.550. The molecule has 6 nitrogen and oxygen atoms in total. The highest BCUT2D eigenvalue weighted by molar-refractivity contribution is 7.89. The summed E-state index contributed by atoms with van der Waals surface area (Å²) in [5.41, 5.74) is 1.89. The van der Waals surface area contributed by atoms with Gasteiger partial charge in [-0.1, -0.05) is 11.6 Å². The monoisotopic (exact) mass is 392 g/mol. The standard InChI is InChI=1S/C20H28N2O4S/c1-16-15-22(13-14-26-16)27(24,25)19-9-7-18(8-10-19)20(23)21-12-11-17-5-3-2-4-6-17/h5,7-10,16H,2-4,6,11-15H2,1H3,(H,21,23). The van der Waals surface area contributed by atoms with Crippen molar-refractivity contribution in [3.63, 3.8) is 0 Å². The number of amides is 1. The molecule has 1 aromatic carbocycles. The highest BCUT2D eigenvalue weighted by Gasteiger charge is 2.29. The third-order valence-electron chi connectivity index (χ3n) is 5.07. The number of hydrogen-bond donors (Lipinski definition) is 1. The second-order valence-corrected chi connectivity index (χ2v) is 9.12. The molecule has 0 bridgehead atoms. The summed E-state index contributed by atoms with van der Waals surface area (Å²) < 4.78 is 32.3. The van der Waals surface area contributed by atoms with E-state index >= 15 is 0 Å². The van der Waals surface area contributed by atoms with Gasteiger partial charge in [0.05, 0.1) is 17.6 Å². The maximum absolute atomic E-state index is 12.7. The zero-order valence-electron chi connectivity index (χ0n) is 15.8. The number of morpholine rings is 1. The van der Waals surface area contributed by atoms with Crippen molar-refractivity contribution in [1.82, 2.24) is 9.62 Å². The molecule has 3 rings (SSSR count). The Morgan fingerprint density at radius 1 is 1.26 bits per heavy atom. The van der Waals surface area contributed by atoms with Crippen molar-refractivity contribution in [1.29, 1.82) is 0 Å². The second-order valence-electron chi connectivity index (χ2n) is 7.18. The Balaban J connectivity index is 1.57. The van der Waals surface area contributed by atoms with Gasteiger partial charge in [-0.05, 0) is 63.3 Å². The summed E-state index contributed by atoms with van der Waals surface area (Å²) in [6, 6.07) is 6.17. The van der Waals surface area contributed by atoms with Gasteiger partial charge >= 0.3 is 0 Å². The first-order chi connectivity index (χ1) is 13.0. The fourth-order valence-corrected chi connectivity index (χ4v) is 5.00. The van der Waals surface area contributed by atoms with E-state index in [4.69, 9.17) is 4.74 Å². The van der Waals surface area contributed by atoms with Crippen LogP contribution in [-0.2, 0) is 14.8 Å². The van der Waals surface area contributed by atoms with Crippen LogP contribution in [0.4, 0.5) is 0 Å². The zero-order valence-corrected chi connectivity index (χ0v) is 16.6. The Bertz CT molecular complexity index is 787. The van der Waals surface area contributed by atoms with Crippen molar-refractivity contribution in [2.45, 2.75) is 50.0 Å². The molecule has 1 atom stereocenters. The molecule has 7 heteroatoms. The van der Waals surface area contributed by atoms with Gasteiger partial charge in [0.2, 0.25) is 10.0 Å². The molecule has 0 saturated carbocycles. The Morgan fingerprint density at radius 3 is 2.70 bits per heavy atom. The summed E-state index contributed by atoms with van der Waals surface area (Å²) >= 11 is 0. The first kappa shape index (κ1) is 20.0. The summed E-state index contributed by atoms with van der Waals surface area (Å²) in [6.45, 7) is 3.57. The Morgan fingerprint density at radius 2 is 2.04 bits per heavy atom. The lowest BCUT2D eigenvalue weighted by atomic mass is 9.97. The first-order valence-electron chi connectivity index (χ1n) is 9.65. The smallest absolute Gasteiger partial charge is 0.251 e. The minimum absolute atomic E-state index is 0.113. The van der Waals surface area contributed by atoms with Crippen molar-refractivity contribution in [2.24, 2.45) is 0 Å². The number of sulfonamides is 1. The molecular formula is C20H28N2O4S. The van der Waals surface area contributed by atoms with Crippen molar-refractivity contribution in [3.8, 4) is 0 Å². The normalized spacial score (nSPS) is 21.5. The van der Waals surface area contributed by atoms with E-state index in [2.05, 4.69) is 11.4 Å². The van der Waals surface area contributed by atoms with Crippen LogP contribution in [0.5, 0.6) is 0 Å². The topological polar surface area (TPSA) is 75.7 Å². The van der Waals surface area contributed by atoms with Crippen LogP contribution in [0.2, 0.25) is 0 Å². The lowest BCUT2D eigenvalue weighted by Crippen LogP contribution is -2.44. The van der Waals surface area contributed by atoms with Crippen LogP contribution < -0.4 is 5.32 Å². The molecule has 0 spiro atoms. The van der Waals surface area contributed by atoms with Crippen LogP contribution in [0.25, 0.3) is 0 Å². The van der Waals surface area contributed by atoms with Gasteiger partial charge in [-0.3, -0.25) is 4.79 Å². The van der Waals surface area contributed by atoms with Crippen LogP contribution in [-0.4, -0.2) is 51.0 Å². The molecule has 2 aliphatic rings. The molecule has 1 heterocycles. The molecule has 1 unspecified atom stereocenters. The number of hydrogen-bond acceptors (Lipinski definition) is 4. The lowest BCUT2D eigenvalue weighted by Gasteiger charge is -2.30. The third-order valence-corrected chi connectivity index (χ3v) is 6.95. The molecule has 27 heavy (non-hydrogen) atoms. The zero-order chi connectivity index (χ0) is 19.3. The first-order valence-corrected chi connectivity index (χ1v) is 11.1. The lowest BCUT2D eigenvalue weighted by molar-refractivity contribution is 0.0102. The molecule has 0 radical (unpaired) electrons. The van der Waals surface area contributed by atoms with E-state index in [1.54, 1.807) is 12.1 Å². The maximum atomic E-state index is 12.7. The predicted octanol–water partition coefficient (Wildman–Crippen LogP) is 2.72. The van der Waals surface area contributed by atoms with Crippen molar-refractivity contribution in [2.75, 3.05) is 26.2 Å². The van der Waals surface area contributed by atoms with E-state index < -0.39 is 10.0 Å². The number of nitrogens with zero attached hydrogens (tertiary/aromatic N) is 1. The Kier molecular flexibility index (Phi) is 6.68. The predicted molar refractivity (Wildman–Crippen MR) is 104 cm³/mol. The van der Waals surface area contributed by atoms with Crippen LogP contribution >= 0.6 is 0 Å². The van der Waals surface area contributed by atoms with Gasteiger partial charge < -0.3 is 10.1 Å². The molecule has 1 saturated heterocycles. The summed E-state index contributed by atoms with van der Waals surface area (Å²) in [4.78, 5) is 12.5. The van der Waals surface area contributed by atoms with E-state index in [0.29, 0.717) is 31.8 Å². The Labute approximate surface area is 161 Å². The maximum Gasteiger partial charge on any atom is 0.251 e. The van der Waals surface area contributed by atoms with Gasteiger partial charge in [0.1, 0.15) is 0 Å². The molecule has 1 aliphatic heterocycles. The van der Waals surface area contributed by atoms with E-state index in [9.17, 15) is 13.2 Å². The van der Waals surface area contributed by atoms with Crippen LogP contribution in [0, 0.1) is 0 Å². The van der Waals surface area contributed by atoms with Gasteiger partial charge in [-0.25, -0.2) is 8.42 Å². The SMILES string of the molecule is CC1CN(S(=O)(=O)c2ccc(C(=O)NCCC3=CCCCC3)cc2)CCO1. The molecule has 148 valence electrons. The van der Waals surface area contributed by atoms with Gasteiger partial charge in [-0.15, -0.1) is 0 Å². The number of carbonyl (C=O) groups excluding carboxylic acids is 1. The van der Waals surface area contributed by atoms with E-state index in [0.717, 1.165) is 19.3 Å². The quantitative estimate of drug-likeness (QED) is 0.756. The molecule has 1 N–H and O–H groups in total. The summed E-state index contributed by atoms with van der Waals surface area (Å²) in [5.74, 6) is -0.171. The summed E-state index contributed by atoms with van der Waals surface area (Å²) in [5, 5.41) is 2.92. The molecule has 1 aliphatic carbocycles. The van der Waals surface area contributed by atoms with Gasteiger partial charge in [0.15, 0.2) is 0 Å². The van der Waals surface area contributed by atoms with Crippen LogP contribution in [0.3, 0.4) is 0 Å². The second kappa shape index (κ2) is 8.99. The van der Waals surface area contributed by atoms with Gasteiger partial charge in [-0.2, -0.15) is 4.31 Å². The van der Waals surface area contributed by atoms with Crippen LogP contribution in [0.1, 0.15) is 49.4 Å². The summed E-state index contributed by atoms with van der Waals surface area (Å²) in [6.07, 6.45) is 7.81. The number of carbonyl (C=O) groups is 1. The van der Waals surface area contributed by atoms with Crippen molar-refractivity contribution < 1.29 is 17.9 Å². The van der Waals surface area contributed by atoms with Crippen molar-refractivity contribution >= 4 is 15.9 Å². The number of benzene rings is 1. The number of rotatable bonds is 6. The average Bonchev–Trinajstić information content (AvgIpc) is 2.69. The number of allylic oxidation sites excluding steroid dienone is 1. The largest absolute Gasteiger partial charge is 0.376 e. The average molecular weight is 393 g/mol. The van der Waals surface area contributed by atoms with E-state index in [-0.39, 0.29) is 16.9 Å². The highest BCUT2D eigenvalue weighted by atomic mass is 32.2. The fourth-order valence-electron chi connectivity index (χ4n) is 3.50. The van der Waals surface area contributed by atoms with E-state index in [1.165, 1.54) is 34.9 Å². The van der Waals surface area contributed by atoms with Gasteiger partial charge in [0.25, 0.3) is 5.91 Å². The van der Waals surface area contributed by atoms with Gasteiger partial charge in [0, 0.05) is 25.2 Å². The minimum atomic E-state index is -3.55. The molecule has 1 aromatic rings. The highest BCUT2D eigenvalue weighted by Crippen LogP contribution is 2.20. The molecule has 0 aromatic heterocycles. The van der Waals surface area contributed by atoms with Crippen LogP contribution in [0.15, 0.2) is 40.8 Å². The number of ether oxygens (including phenoxy) is 1. The molecule has 1 amide bonds. The van der Waals surface area contributed by atoms with Crippen molar-refractivity contribution in [3.05, 3.63) is 41.5 Å². The van der Waals surface area contributed by atoms with E-state index in [1.807, 2.05) is 6.92 Å².